The molecular weight excluding hydrogens is 520 g/mol. The fourth-order valence-electron chi connectivity index (χ4n) is 5.69. The lowest BCUT2D eigenvalue weighted by Gasteiger charge is -2.27. The monoisotopic (exact) mass is 564 g/mol. The van der Waals surface area contributed by atoms with Gasteiger partial charge in [0.05, 0.1) is 25.3 Å². The van der Waals surface area contributed by atoms with E-state index >= 15 is 0 Å². The predicted molar refractivity (Wildman–Crippen MR) is 160 cm³/mol. The topological polar surface area (TPSA) is 88.5 Å². The highest BCUT2D eigenvalue weighted by Crippen LogP contribution is 2.43. The number of carbonyl (C=O) groups is 2. The Bertz CT molecular complexity index is 1270. The Kier molecular flexibility index (Phi) is 10.3. The molecule has 0 unspecified atom stereocenters. The molecule has 1 amide bonds. The van der Waals surface area contributed by atoms with Crippen molar-refractivity contribution < 1.29 is 28.9 Å². The molecule has 0 radical (unpaired) electrons. The number of amides is 1. The van der Waals surface area contributed by atoms with E-state index in [-0.39, 0.29) is 17.4 Å². The Morgan fingerprint density at radius 3 is 2.54 bits per heavy atom. The zero-order chi connectivity index (χ0) is 29.5. The van der Waals surface area contributed by atoms with Crippen LogP contribution >= 0.6 is 0 Å². The first-order valence-electron chi connectivity index (χ1n) is 14.9. The largest absolute Gasteiger partial charge is 0.507 e. The maximum atomic E-state index is 13.5. The van der Waals surface area contributed by atoms with Gasteiger partial charge in [-0.1, -0.05) is 39.7 Å². The molecule has 0 spiro atoms. The molecular formula is C33H44N2O6. The average Bonchev–Trinajstić information content (AvgIpc) is 3.48. The number of Topliss-reactive ketones (excluding diaryl/α,β-unsaturated/α-hetero) is 1. The van der Waals surface area contributed by atoms with Gasteiger partial charge in [-0.2, -0.15) is 0 Å². The van der Waals surface area contributed by atoms with Crippen LogP contribution < -0.4 is 14.2 Å². The molecule has 2 atom stereocenters. The average molecular weight is 565 g/mol. The minimum atomic E-state index is -0.752. The zero-order valence-electron chi connectivity index (χ0n) is 25.1. The van der Waals surface area contributed by atoms with Crippen LogP contribution in [-0.4, -0.2) is 72.6 Å². The van der Waals surface area contributed by atoms with Crippen LogP contribution in [0.2, 0.25) is 0 Å². The number of aliphatic hydroxyl groups is 1. The van der Waals surface area contributed by atoms with E-state index in [1.807, 2.05) is 37.3 Å². The predicted octanol–water partition coefficient (Wildman–Crippen LogP) is 5.74. The maximum Gasteiger partial charge on any atom is 0.295 e. The number of methoxy groups -OCH3 is 1. The van der Waals surface area contributed by atoms with Crippen molar-refractivity contribution in [2.24, 2.45) is 0 Å². The SMILES string of the molecule is CCCCCOc1ccc([C@@H]2/C(=C(\O)c3ccc4c(c3)C[C@@H](C)O4)C(=O)C(=O)N2CCCN(CC)CC)cc1OC. The van der Waals surface area contributed by atoms with E-state index in [0.29, 0.717) is 42.2 Å². The Hall–Kier alpha value is -3.52. The van der Waals surface area contributed by atoms with Crippen molar-refractivity contribution in [3.05, 3.63) is 58.7 Å². The lowest BCUT2D eigenvalue weighted by molar-refractivity contribution is -0.140. The Labute approximate surface area is 243 Å². The van der Waals surface area contributed by atoms with Gasteiger partial charge in [0.15, 0.2) is 11.5 Å². The number of likely N-dealkylation sites (tertiary alicyclic amines) is 1. The highest BCUT2D eigenvalue weighted by molar-refractivity contribution is 6.46. The number of ketones is 1. The van der Waals surface area contributed by atoms with Crippen LogP contribution in [-0.2, 0) is 16.0 Å². The summed E-state index contributed by atoms with van der Waals surface area (Å²) in [7, 11) is 1.58. The molecule has 0 aromatic heterocycles. The lowest BCUT2D eigenvalue weighted by Crippen LogP contribution is -2.33. The standard InChI is InChI=1S/C33H44N2O6/c1-6-9-10-18-40-27-15-12-23(21-28(27)39-5)30-29(31(36)24-13-14-26-25(20-24)19-22(4)41-26)32(37)33(38)35(30)17-11-16-34(7-2)8-3/h12-15,20-22,30,36H,6-11,16-19H2,1-5H3/b31-29+/t22-,30-/m1/s1. The van der Waals surface area contributed by atoms with Crippen molar-refractivity contribution in [2.75, 3.05) is 39.9 Å². The van der Waals surface area contributed by atoms with E-state index in [1.54, 1.807) is 18.1 Å². The lowest BCUT2D eigenvalue weighted by atomic mass is 9.94. The first-order chi connectivity index (χ1) is 19.8. The van der Waals surface area contributed by atoms with Crippen LogP contribution in [0.3, 0.4) is 0 Å². The van der Waals surface area contributed by atoms with Gasteiger partial charge in [0.1, 0.15) is 17.6 Å². The van der Waals surface area contributed by atoms with Crippen molar-refractivity contribution in [1.82, 2.24) is 9.80 Å². The molecule has 1 fully saturated rings. The van der Waals surface area contributed by atoms with Gasteiger partial charge in [-0.05, 0) is 80.9 Å². The van der Waals surface area contributed by atoms with Gasteiger partial charge in [-0.15, -0.1) is 0 Å². The molecule has 2 aliphatic heterocycles. The third-order valence-corrected chi connectivity index (χ3v) is 7.99. The first-order valence-corrected chi connectivity index (χ1v) is 14.9. The Morgan fingerprint density at radius 1 is 1.05 bits per heavy atom. The van der Waals surface area contributed by atoms with Crippen LogP contribution in [0.1, 0.15) is 76.1 Å². The van der Waals surface area contributed by atoms with Gasteiger partial charge in [0.25, 0.3) is 11.7 Å². The second-order valence-corrected chi connectivity index (χ2v) is 10.8. The first kappa shape index (κ1) is 30.4. The number of carbonyl (C=O) groups excluding carboxylic acids is 2. The number of hydrogen-bond acceptors (Lipinski definition) is 7. The third-order valence-electron chi connectivity index (χ3n) is 7.99. The third kappa shape index (κ3) is 6.70. The fourth-order valence-corrected chi connectivity index (χ4v) is 5.69. The van der Waals surface area contributed by atoms with Gasteiger partial charge in [-0.3, -0.25) is 9.59 Å². The fraction of sp³-hybridized carbons (Fsp3) is 0.515. The molecule has 2 heterocycles. The van der Waals surface area contributed by atoms with Crippen molar-refractivity contribution in [3.8, 4) is 17.2 Å². The summed E-state index contributed by atoms with van der Waals surface area (Å²) in [6.45, 7) is 11.9. The van der Waals surface area contributed by atoms with E-state index in [4.69, 9.17) is 14.2 Å². The van der Waals surface area contributed by atoms with Crippen LogP contribution in [0.4, 0.5) is 0 Å². The molecule has 2 aromatic carbocycles. The quantitative estimate of drug-likeness (QED) is 0.135. The molecule has 4 rings (SSSR count). The minimum Gasteiger partial charge on any atom is -0.507 e. The van der Waals surface area contributed by atoms with Crippen LogP contribution in [0.25, 0.3) is 5.76 Å². The Morgan fingerprint density at radius 2 is 1.83 bits per heavy atom. The summed E-state index contributed by atoms with van der Waals surface area (Å²) in [5.41, 5.74) is 2.24. The van der Waals surface area contributed by atoms with E-state index in [0.717, 1.165) is 56.6 Å². The normalized spacial score (nSPS) is 19.5. The van der Waals surface area contributed by atoms with Gasteiger partial charge < -0.3 is 29.1 Å². The number of ether oxygens (including phenoxy) is 3. The highest BCUT2D eigenvalue weighted by Gasteiger charge is 2.46. The summed E-state index contributed by atoms with van der Waals surface area (Å²) in [6, 6.07) is 10.2. The van der Waals surface area contributed by atoms with E-state index in [9.17, 15) is 14.7 Å². The van der Waals surface area contributed by atoms with E-state index in [1.165, 1.54) is 0 Å². The molecule has 2 aliphatic rings. The van der Waals surface area contributed by atoms with Crippen LogP contribution in [0.5, 0.6) is 17.2 Å². The van der Waals surface area contributed by atoms with Crippen molar-refractivity contribution in [1.29, 1.82) is 0 Å². The van der Waals surface area contributed by atoms with Crippen molar-refractivity contribution in [2.45, 2.75) is 71.9 Å². The number of unbranched alkanes of at least 4 members (excludes halogenated alkanes) is 2. The number of benzene rings is 2. The molecule has 0 saturated carbocycles. The van der Waals surface area contributed by atoms with Crippen LogP contribution in [0, 0.1) is 0 Å². The second-order valence-electron chi connectivity index (χ2n) is 10.8. The summed E-state index contributed by atoms with van der Waals surface area (Å²) >= 11 is 0. The molecule has 2 aromatic rings. The summed E-state index contributed by atoms with van der Waals surface area (Å²) in [5.74, 6) is 0.449. The van der Waals surface area contributed by atoms with Gasteiger partial charge in [0.2, 0.25) is 0 Å². The number of aliphatic hydroxyl groups excluding tert-OH is 1. The molecule has 0 bridgehead atoms. The highest BCUT2D eigenvalue weighted by atomic mass is 16.5. The molecule has 8 nitrogen and oxygen atoms in total. The second kappa shape index (κ2) is 13.9. The molecule has 41 heavy (non-hydrogen) atoms. The molecule has 0 aliphatic carbocycles. The van der Waals surface area contributed by atoms with Gasteiger partial charge in [-0.25, -0.2) is 0 Å². The number of rotatable bonds is 14. The minimum absolute atomic E-state index is 0.0500. The summed E-state index contributed by atoms with van der Waals surface area (Å²) in [4.78, 5) is 30.9. The zero-order valence-corrected chi connectivity index (χ0v) is 25.1. The van der Waals surface area contributed by atoms with E-state index < -0.39 is 17.7 Å². The summed E-state index contributed by atoms with van der Waals surface area (Å²) < 4.78 is 17.5. The van der Waals surface area contributed by atoms with Crippen LogP contribution in [0.15, 0.2) is 42.0 Å². The molecule has 222 valence electrons. The smallest absolute Gasteiger partial charge is 0.295 e. The molecule has 1 N–H and O–H groups in total. The van der Waals surface area contributed by atoms with Crippen molar-refractivity contribution in [3.63, 3.8) is 0 Å². The number of nitrogens with zero attached hydrogens (tertiary/aromatic N) is 2. The molecule has 1 saturated heterocycles. The van der Waals surface area contributed by atoms with Gasteiger partial charge in [0, 0.05) is 18.5 Å². The summed E-state index contributed by atoms with van der Waals surface area (Å²) in [6.07, 6.45) is 4.59. The van der Waals surface area contributed by atoms with Crippen molar-refractivity contribution >= 4 is 17.4 Å². The number of fused-ring (bicyclic) bond motifs is 1. The molecule has 8 heteroatoms. The Balaban J connectivity index is 1.73. The van der Waals surface area contributed by atoms with E-state index in [2.05, 4.69) is 25.7 Å². The summed E-state index contributed by atoms with van der Waals surface area (Å²) in [5, 5.41) is 11.6. The van der Waals surface area contributed by atoms with Gasteiger partial charge >= 0.3 is 0 Å². The number of hydrogen-bond donors (Lipinski definition) is 1. The maximum absolute atomic E-state index is 13.5.